The van der Waals surface area contributed by atoms with Crippen molar-refractivity contribution in [2.75, 3.05) is 13.2 Å². The van der Waals surface area contributed by atoms with Gasteiger partial charge in [-0.25, -0.2) is 0 Å². The number of para-hydroxylation sites is 1. The summed E-state index contributed by atoms with van der Waals surface area (Å²) in [7, 11) is 0. The summed E-state index contributed by atoms with van der Waals surface area (Å²) in [5.41, 5.74) is 1.03. The molecule has 0 spiro atoms. The molecule has 6 nitrogen and oxygen atoms in total. The average molecular weight is 330 g/mol. The predicted octanol–water partition coefficient (Wildman–Crippen LogP) is 3.08. The smallest absolute Gasteiger partial charge is 0.269 e. The highest BCUT2D eigenvalue weighted by atomic mass is 16.6. The van der Waals surface area contributed by atoms with Crippen molar-refractivity contribution in [1.82, 2.24) is 5.32 Å². The van der Waals surface area contributed by atoms with Crippen LogP contribution in [0.25, 0.3) is 0 Å². The summed E-state index contributed by atoms with van der Waals surface area (Å²) in [6, 6.07) is 15.8. The van der Waals surface area contributed by atoms with Crippen molar-refractivity contribution in [1.29, 1.82) is 0 Å². The summed E-state index contributed by atoms with van der Waals surface area (Å²) in [5, 5.41) is 24.0. The Balaban J connectivity index is 1.82. The van der Waals surface area contributed by atoms with Crippen LogP contribution in [0, 0.1) is 10.1 Å². The molecule has 0 amide bonds. The van der Waals surface area contributed by atoms with E-state index in [0.717, 1.165) is 17.7 Å². The van der Waals surface area contributed by atoms with Crippen molar-refractivity contribution in [3.8, 4) is 5.75 Å². The molecule has 0 unspecified atom stereocenters. The summed E-state index contributed by atoms with van der Waals surface area (Å²) < 4.78 is 5.52. The maximum absolute atomic E-state index is 10.7. The molecule has 0 aliphatic heterocycles. The highest BCUT2D eigenvalue weighted by Gasteiger charge is 2.13. The average Bonchev–Trinajstić information content (AvgIpc) is 2.61. The first-order valence-electron chi connectivity index (χ1n) is 7.93. The molecular formula is C18H22N2O4. The second kappa shape index (κ2) is 9.00. The van der Waals surface area contributed by atoms with Crippen LogP contribution in [0.15, 0.2) is 54.6 Å². The van der Waals surface area contributed by atoms with Gasteiger partial charge in [-0.3, -0.25) is 10.1 Å². The number of nitro benzene ring substituents is 1. The number of hydrogen-bond donors (Lipinski definition) is 2. The first-order chi connectivity index (χ1) is 11.6. The fourth-order valence-corrected chi connectivity index (χ4v) is 2.37. The molecule has 6 heteroatoms. The lowest BCUT2D eigenvalue weighted by molar-refractivity contribution is -0.384. The van der Waals surface area contributed by atoms with E-state index in [4.69, 9.17) is 4.74 Å². The molecule has 0 heterocycles. The zero-order valence-electron chi connectivity index (χ0n) is 13.6. The maximum Gasteiger partial charge on any atom is 0.269 e. The molecule has 2 aromatic carbocycles. The van der Waals surface area contributed by atoms with E-state index in [0.29, 0.717) is 6.54 Å². The third-order valence-corrected chi connectivity index (χ3v) is 3.70. The molecule has 2 atom stereocenters. The summed E-state index contributed by atoms with van der Waals surface area (Å²) in [6.45, 7) is 2.60. The second-order valence-corrected chi connectivity index (χ2v) is 5.50. The lowest BCUT2D eigenvalue weighted by atomic mass is 10.0. The molecule has 2 rings (SSSR count). The maximum atomic E-state index is 10.7. The van der Waals surface area contributed by atoms with Crippen molar-refractivity contribution >= 4 is 5.69 Å². The van der Waals surface area contributed by atoms with Gasteiger partial charge in [-0.1, -0.05) is 37.3 Å². The first kappa shape index (κ1) is 17.9. The second-order valence-electron chi connectivity index (χ2n) is 5.50. The number of ether oxygens (including phenoxy) is 1. The largest absolute Gasteiger partial charge is 0.491 e. The number of nitro groups is 1. The minimum absolute atomic E-state index is 0.0252. The fourth-order valence-electron chi connectivity index (χ4n) is 2.37. The molecule has 0 saturated heterocycles. The van der Waals surface area contributed by atoms with Crippen LogP contribution in [0.5, 0.6) is 5.75 Å². The predicted molar refractivity (Wildman–Crippen MR) is 92.1 cm³/mol. The highest BCUT2D eigenvalue weighted by Crippen LogP contribution is 2.20. The van der Waals surface area contributed by atoms with E-state index in [-0.39, 0.29) is 18.3 Å². The Morgan fingerprint density at radius 3 is 2.42 bits per heavy atom. The summed E-state index contributed by atoms with van der Waals surface area (Å²) in [6.07, 6.45) is 0.168. The minimum atomic E-state index is -0.641. The van der Waals surface area contributed by atoms with Crippen LogP contribution >= 0.6 is 0 Å². The van der Waals surface area contributed by atoms with E-state index in [1.807, 2.05) is 37.3 Å². The van der Waals surface area contributed by atoms with Gasteiger partial charge in [0.2, 0.25) is 0 Å². The molecule has 24 heavy (non-hydrogen) atoms. The topological polar surface area (TPSA) is 84.6 Å². The van der Waals surface area contributed by atoms with E-state index in [2.05, 4.69) is 5.32 Å². The van der Waals surface area contributed by atoms with Gasteiger partial charge in [-0.05, 0) is 24.1 Å². The van der Waals surface area contributed by atoms with E-state index >= 15 is 0 Å². The molecule has 0 fully saturated rings. The van der Waals surface area contributed by atoms with E-state index in [9.17, 15) is 15.2 Å². The Labute approximate surface area is 141 Å². The van der Waals surface area contributed by atoms with Gasteiger partial charge in [-0.15, -0.1) is 0 Å². The van der Waals surface area contributed by atoms with Crippen LogP contribution in [0.2, 0.25) is 0 Å². The van der Waals surface area contributed by atoms with Gasteiger partial charge in [0.25, 0.3) is 5.69 Å². The summed E-state index contributed by atoms with van der Waals surface area (Å²) in [4.78, 5) is 10.3. The zero-order valence-corrected chi connectivity index (χ0v) is 13.6. The summed E-state index contributed by atoms with van der Waals surface area (Å²) >= 11 is 0. The number of non-ortho nitro benzene ring substituents is 1. The quantitative estimate of drug-likeness (QED) is 0.545. The molecule has 0 aliphatic carbocycles. The number of nitrogens with one attached hydrogen (secondary N) is 1. The first-order valence-corrected chi connectivity index (χ1v) is 7.93. The van der Waals surface area contributed by atoms with Gasteiger partial charge in [0, 0.05) is 24.7 Å². The monoisotopic (exact) mass is 330 g/mol. The number of hydrogen-bond acceptors (Lipinski definition) is 5. The van der Waals surface area contributed by atoms with Crippen molar-refractivity contribution in [2.24, 2.45) is 0 Å². The molecule has 0 aromatic heterocycles. The fraction of sp³-hybridized carbons (Fsp3) is 0.333. The van der Waals surface area contributed by atoms with E-state index in [1.165, 1.54) is 12.1 Å². The molecule has 0 saturated carbocycles. The third-order valence-electron chi connectivity index (χ3n) is 3.70. The van der Waals surface area contributed by atoms with Gasteiger partial charge in [0.15, 0.2) is 0 Å². The Hall–Kier alpha value is -2.44. The number of aliphatic hydroxyl groups is 1. The van der Waals surface area contributed by atoms with Crippen LogP contribution in [-0.4, -0.2) is 29.3 Å². The normalized spacial score (nSPS) is 13.2. The lowest BCUT2D eigenvalue weighted by Crippen LogP contribution is -2.33. The van der Waals surface area contributed by atoms with Crippen molar-refractivity contribution in [3.63, 3.8) is 0 Å². The van der Waals surface area contributed by atoms with Crippen LogP contribution in [0.1, 0.15) is 24.9 Å². The number of aliphatic hydroxyl groups excluding tert-OH is 1. The van der Waals surface area contributed by atoms with Crippen molar-refractivity contribution in [3.05, 3.63) is 70.3 Å². The molecule has 128 valence electrons. The Kier molecular flexibility index (Phi) is 6.72. The van der Waals surface area contributed by atoms with Crippen LogP contribution in [0.4, 0.5) is 5.69 Å². The van der Waals surface area contributed by atoms with Crippen molar-refractivity contribution in [2.45, 2.75) is 25.5 Å². The standard InChI is InChI=1S/C18H22N2O4/c1-2-18(14-8-10-15(11-9-14)20(22)23)19-12-16(21)13-24-17-6-4-3-5-7-17/h3-11,16,18-19,21H,2,12-13H2,1H3/t16-,18-/m0/s1. The van der Waals surface area contributed by atoms with Gasteiger partial charge in [0.1, 0.15) is 18.5 Å². The van der Waals surface area contributed by atoms with Gasteiger partial charge < -0.3 is 15.2 Å². The number of nitrogens with zero attached hydrogens (tertiary/aromatic N) is 1. The van der Waals surface area contributed by atoms with E-state index in [1.54, 1.807) is 12.1 Å². The minimum Gasteiger partial charge on any atom is -0.491 e. The lowest BCUT2D eigenvalue weighted by Gasteiger charge is -2.20. The van der Waals surface area contributed by atoms with Gasteiger partial charge in [-0.2, -0.15) is 0 Å². The van der Waals surface area contributed by atoms with Crippen molar-refractivity contribution < 1.29 is 14.8 Å². The van der Waals surface area contributed by atoms with Crippen LogP contribution in [-0.2, 0) is 0 Å². The number of rotatable bonds is 9. The number of benzene rings is 2. The zero-order chi connectivity index (χ0) is 17.4. The molecule has 0 radical (unpaired) electrons. The molecule has 0 bridgehead atoms. The van der Waals surface area contributed by atoms with Gasteiger partial charge >= 0.3 is 0 Å². The Morgan fingerprint density at radius 1 is 1.17 bits per heavy atom. The molecule has 2 N–H and O–H groups in total. The SMILES string of the molecule is CC[C@H](NC[C@H](O)COc1ccccc1)c1ccc([N+](=O)[O-])cc1. The van der Waals surface area contributed by atoms with E-state index < -0.39 is 11.0 Å². The highest BCUT2D eigenvalue weighted by molar-refractivity contribution is 5.34. The third kappa shape index (κ3) is 5.33. The van der Waals surface area contributed by atoms with Gasteiger partial charge in [0.05, 0.1) is 4.92 Å². The Morgan fingerprint density at radius 2 is 1.83 bits per heavy atom. The Bertz CT molecular complexity index is 631. The molecule has 2 aromatic rings. The molecule has 0 aliphatic rings. The van der Waals surface area contributed by atoms with Crippen LogP contribution in [0.3, 0.4) is 0 Å². The summed E-state index contributed by atoms with van der Waals surface area (Å²) in [5.74, 6) is 0.721. The molecular weight excluding hydrogens is 308 g/mol. The van der Waals surface area contributed by atoms with Crippen LogP contribution < -0.4 is 10.1 Å².